The molecule has 0 aliphatic heterocycles. The molecule has 0 radical (unpaired) electrons. The SMILES string of the molecule is C=C/C(=C\C(=C/C)c1nc(-n2nc(CC(=O)NCC(=O)O)c3cc(Cl)ccc32)sc1C(C)C)OC. The summed E-state index contributed by atoms with van der Waals surface area (Å²) in [6, 6.07) is 5.33. The van der Waals surface area contributed by atoms with Crippen LogP contribution >= 0.6 is 22.9 Å². The van der Waals surface area contributed by atoms with E-state index >= 15 is 0 Å². The summed E-state index contributed by atoms with van der Waals surface area (Å²) in [6.07, 6.45) is 5.40. The first-order valence-corrected chi connectivity index (χ1v) is 12.1. The lowest BCUT2D eigenvalue weighted by atomic mass is 10.0. The number of halogens is 1. The highest BCUT2D eigenvalue weighted by Crippen LogP contribution is 2.36. The van der Waals surface area contributed by atoms with Crippen LogP contribution in [-0.2, 0) is 20.7 Å². The first-order valence-electron chi connectivity index (χ1n) is 10.9. The number of nitrogens with one attached hydrogen (secondary N) is 1. The Morgan fingerprint density at radius 3 is 2.71 bits per heavy atom. The molecule has 0 spiro atoms. The van der Waals surface area contributed by atoms with Crippen LogP contribution in [0.15, 0.2) is 48.8 Å². The van der Waals surface area contributed by atoms with Crippen LogP contribution in [0.4, 0.5) is 0 Å². The number of rotatable bonds is 10. The van der Waals surface area contributed by atoms with Gasteiger partial charge in [-0.05, 0) is 43.2 Å². The molecule has 10 heteroatoms. The molecule has 0 atom stereocenters. The van der Waals surface area contributed by atoms with Gasteiger partial charge in [-0.1, -0.05) is 49.4 Å². The van der Waals surface area contributed by atoms with Crippen LogP contribution in [-0.4, -0.2) is 45.4 Å². The highest BCUT2D eigenvalue weighted by Gasteiger charge is 2.22. The van der Waals surface area contributed by atoms with Crippen LogP contribution in [0, 0.1) is 0 Å². The molecule has 1 amide bonds. The quantitative estimate of drug-likeness (QED) is 0.287. The summed E-state index contributed by atoms with van der Waals surface area (Å²) in [5, 5.41) is 17.7. The van der Waals surface area contributed by atoms with E-state index in [9.17, 15) is 9.59 Å². The zero-order chi connectivity index (χ0) is 25.7. The average Bonchev–Trinajstić information content (AvgIpc) is 3.41. The summed E-state index contributed by atoms with van der Waals surface area (Å²) >= 11 is 7.74. The van der Waals surface area contributed by atoms with Crippen molar-refractivity contribution < 1.29 is 19.4 Å². The highest BCUT2D eigenvalue weighted by atomic mass is 35.5. The Kier molecular flexibility index (Phi) is 8.48. The number of aromatic nitrogens is 3. The molecule has 0 saturated carbocycles. The number of carbonyl (C=O) groups is 2. The lowest BCUT2D eigenvalue weighted by molar-refractivity contribution is -0.137. The van der Waals surface area contributed by atoms with Crippen molar-refractivity contribution in [2.75, 3.05) is 13.7 Å². The lowest BCUT2D eigenvalue weighted by Crippen LogP contribution is -2.30. The number of hydrogen-bond acceptors (Lipinski definition) is 6. The fraction of sp³-hybridized carbons (Fsp3) is 0.280. The predicted octanol–water partition coefficient (Wildman–Crippen LogP) is 5.12. The van der Waals surface area contributed by atoms with E-state index in [1.165, 1.54) is 11.3 Å². The minimum absolute atomic E-state index is 0.0915. The molecule has 3 aromatic rings. The third-order valence-corrected chi connectivity index (χ3v) is 6.72. The smallest absolute Gasteiger partial charge is 0.322 e. The van der Waals surface area contributed by atoms with Gasteiger partial charge in [0.1, 0.15) is 12.3 Å². The van der Waals surface area contributed by atoms with Gasteiger partial charge in [0.05, 0.1) is 30.4 Å². The number of benzene rings is 1. The molecule has 2 aromatic heterocycles. The maximum absolute atomic E-state index is 12.3. The zero-order valence-corrected chi connectivity index (χ0v) is 21.5. The van der Waals surface area contributed by atoms with Crippen molar-refractivity contribution in [3.63, 3.8) is 0 Å². The van der Waals surface area contributed by atoms with Gasteiger partial charge in [0.2, 0.25) is 11.0 Å². The van der Waals surface area contributed by atoms with Gasteiger partial charge < -0.3 is 15.2 Å². The molecule has 0 unspecified atom stereocenters. The average molecular weight is 515 g/mol. The Bertz CT molecular complexity index is 1340. The monoisotopic (exact) mass is 514 g/mol. The summed E-state index contributed by atoms with van der Waals surface area (Å²) in [6.45, 7) is 9.46. The number of fused-ring (bicyclic) bond motifs is 1. The number of amides is 1. The van der Waals surface area contributed by atoms with Crippen LogP contribution < -0.4 is 5.32 Å². The van der Waals surface area contributed by atoms with Crippen LogP contribution in [0.5, 0.6) is 0 Å². The van der Waals surface area contributed by atoms with Gasteiger partial charge in [-0.25, -0.2) is 9.67 Å². The number of hydrogen-bond donors (Lipinski definition) is 2. The molecule has 184 valence electrons. The van der Waals surface area contributed by atoms with E-state index in [1.54, 1.807) is 30.0 Å². The molecular formula is C25H27ClN4O4S. The number of carboxylic acids is 1. The van der Waals surface area contributed by atoms with E-state index in [0.717, 1.165) is 21.7 Å². The molecule has 2 N–H and O–H groups in total. The second-order valence-corrected chi connectivity index (χ2v) is 9.38. The van der Waals surface area contributed by atoms with Crippen LogP contribution in [0.3, 0.4) is 0 Å². The van der Waals surface area contributed by atoms with Crippen molar-refractivity contribution in [1.82, 2.24) is 20.1 Å². The van der Waals surface area contributed by atoms with Crippen molar-refractivity contribution in [3.8, 4) is 5.13 Å². The van der Waals surface area contributed by atoms with Gasteiger partial charge >= 0.3 is 5.97 Å². The van der Waals surface area contributed by atoms with Crippen molar-refractivity contribution in [3.05, 3.63) is 70.1 Å². The first-order chi connectivity index (χ1) is 16.7. The Morgan fingerprint density at radius 2 is 2.11 bits per heavy atom. The minimum atomic E-state index is -1.12. The predicted molar refractivity (Wildman–Crippen MR) is 139 cm³/mol. The van der Waals surface area contributed by atoms with Crippen molar-refractivity contribution >= 4 is 51.3 Å². The number of allylic oxidation sites excluding steroid dienone is 4. The molecule has 1 aromatic carbocycles. The molecule has 35 heavy (non-hydrogen) atoms. The Balaban J connectivity index is 2.13. The Morgan fingerprint density at radius 1 is 1.37 bits per heavy atom. The molecular weight excluding hydrogens is 488 g/mol. The largest absolute Gasteiger partial charge is 0.497 e. The van der Waals surface area contributed by atoms with E-state index in [4.69, 9.17) is 26.4 Å². The fourth-order valence-corrected chi connectivity index (χ4v) is 4.70. The summed E-state index contributed by atoms with van der Waals surface area (Å²) in [5.41, 5.74) is 2.93. The number of methoxy groups -OCH3 is 1. The minimum Gasteiger partial charge on any atom is -0.497 e. The first kappa shape index (κ1) is 26.2. The van der Waals surface area contributed by atoms with Crippen LogP contribution in [0.25, 0.3) is 21.6 Å². The van der Waals surface area contributed by atoms with E-state index in [-0.39, 0.29) is 12.3 Å². The van der Waals surface area contributed by atoms with Gasteiger partial charge in [-0.2, -0.15) is 5.10 Å². The molecule has 0 bridgehead atoms. The lowest BCUT2D eigenvalue weighted by Gasteiger charge is -2.07. The van der Waals surface area contributed by atoms with E-state index in [2.05, 4.69) is 30.8 Å². The van der Waals surface area contributed by atoms with Gasteiger partial charge in [-0.15, -0.1) is 0 Å². The molecule has 2 heterocycles. The second-order valence-electron chi connectivity index (χ2n) is 7.93. The number of aliphatic carboxylic acids is 1. The topological polar surface area (TPSA) is 106 Å². The molecule has 8 nitrogen and oxygen atoms in total. The maximum Gasteiger partial charge on any atom is 0.322 e. The maximum atomic E-state index is 12.3. The summed E-state index contributed by atoms with van der Waals surface area (Å²) in [4.78, 5) is 29.1. The number of ether oxygens (including phenoxy) is 1. The summed E-state index contributed by atoms with van der Waals surface area (Å²) < 4.78 is 7.06. The highest BCUT2D eigenvalue weighted by molar-refractivity contribution is 7.14. The second kappa shape index (κ2) is 11.3. The number of carboxylic acid groups (broad SMARTS) is 1. The number of nitrogens with zero attached hydrogens (tertiary/aromatic N) is 3. The molecule has 0 aliphatic rings. The van der Waals surface area contributed by atoms with Gasteiger partial charge in [-0.3, -0.25) is 9.59 Å². The Hall–Kier alpha value is -3.43. The van der Waals surface area contributed by atoms with Gasteiger partial charge in [0.15, 0.2) is 0 Å². The summed E-state index contributed by atoms with van der Waals surface area (Å²) in [7, 11) is 1.59. The normalized spacial score (nSPS) is 12.3. The summed E-state index contributed by atoms with van der Waals surface area (Å²) in [5.74, 6) is -0.738. The van der Waals surface area contributed by atoms with E-state index in [0.29, 0.717) is 27.0 Å². The third-order valence-electron chi connectivity index (χ3n) is 5.15. The van der Waals surface area contributed by atoms with Crippen molar-refractivity contribution in [1.29, 1.82) is 0 Å². The fourth-order valence-electron chi connectivity index (χ4n) is 3.47. The van der Waals surface area contributed by atoms with Crippen molar-refractivity contribution in [2.24, 2.45) is 0 Å². The molecule has 3 rings (SSSR count). The van der Waals surface area contributed by atoms with E-state index < -0.39 is 18.4 Å². The molecule has 0 saturated heterocycles. The molecule has 0 fully saturated rings. The van der Waals surface area contributed by atoms with Gasteiger partial charge in [0.25, 0.3) is 0 Å². The van der Waals surface area contributed by atoms with Crippen LogP contribution in [0.1, 0.15) is 43.0 Å². The van der Waals surface area contributed by atoms with Crippen LogP contribution in [0.2, 0.25) is 5.02 Å². The molecule has 0 aliphatic carbocycles. The zero-order valence-electron chi connectivity index (χ0n) is 20.0. The van der Waals surface area contributed by atoms with E-state index in [1.807, 2.05) is 25.1 Å². The number of carbonyl (C=O) groups excluding carboxylic acids is 1. The third kappa shape index (κ3) is 5.98. The van der Waals surface area contributed by atoms with Crippen molar-refractivity contribution in [2.45, 2.75) is 33.1 Å². The van der Waals surface area contributed by atoms with Gasteiger partial charge in [0, 0.05) is 20.9 Å². The Labute approximate surface area is 212 Å². The standard InChI is InChI=1S/C25H27ClN4O4S/c1-6-15(10-17(7-2)34-5)23-24(14(3)4)35-25(28-23)30-20-9-8-16(26)11-18(20)19(29-30)12-21(31)27-13-22(32)33/h6-11,14H,2,12-13H2,1,3-5H3,(H,27,31)(H,32,33)/b15-6+,17-10+. The number of thiazole rings is 1.